The van der Waals surface area contributed by atoms with Crippen LogP contribution in [0.2, 0.25) is 0 Å². The van der Waals surface area contributed by atoms with E-state index in [0.717, 1.165) is 30.7 Å². The predicted molar refractivity (Wildman–Crippen MR) is 112 cm³/mol. The van der Waals surface area contributed by atoms with Crippen LogP contribution in [0.5, 0.6) is 0 Å². The quantitative estimate of drug-likeness (QED) is 0.683. The van der Waals surface area contributed by atoms with Crippen LogP contribution in [0.4, 0.5) is 0 Å². The average Bonchev–Trinajstić information content (AvgIpc) is 2.91. The van der Waals surface area contributed by atoms with Gasteiger partial charge in [-0.3, -0.25) is 4.79 Å². The largest absolute Gasteiger partial charge is 0.346 e. The highest BCUT2D eigenvalue weighted by atomic mass is 16.2. The molecule has 0 aliphatic heterocycles. The van der Waals surface area contributed by atoms with Gasteiger partial charge in [0.2, 0.25) is 5.91 Å². The van der Waals surface area contributed by atoms with Crippen molar-refractivity contribution in [1.82, 2.24) is 4.90 Å². The molecule has 1 amide bonds. The fourth-order valence-electron chi connectivity index (χ4n) is 6.95. The van der Waals surface area contributed by atoms with E-state index in [1.54, 1.807) is 11.1 Å². The molecule has 148 valence electrons. The molecule has 0 spiro atoms. The summed E-state index contributed by atoms with van der Waals surface area (Å²) in [5, 5.41) is 0. The van der Waals surface area contributed by atoms with Gasteiger partial charge in [0.1, 0.15) is 0 Å². The molecule has 0 radical (unpaired) electrons. The van der Waals surface area contributed by atoms with Crippen LogP contribution in [0.3, 0.4) is 0 Å². The number of nitrogens with zero attached hydrogens (tertiary/aromatic N) is 1. The van der Waals surface area contributed by atoms with Crippen molar-refractivity contribution in [2.75, 3.05) is 13.6 Å². The van der Waals surface area contributed by atoms with Crippen molar-refractivity contribution in [2.24, 2.45) is 29.1 Å². The van der Waals surface area contributed by atoms with Gasteiger partial charge in [0.25, 0.3) is 0 Å². The van der Waals surface area contributed by atoms with Crippen molar-refractivity contribution in [1.29, 1.82) is 0 Å². The van der Waals surface area contributed by atoms with Crippen molar-refractivity contribution in [2.45, 2.75) is 72.1 Å². The smallest absolute Gasteiger partial charge is 0.222 e. The van der Waals surface area contributed by atoms with E-state index in [0.29, 0.717) is 23.2 Å². The fraction of sp³-hybridized carbons (Fsp3) is 0.720. The van der Waals surface area contributed by atoms with Crippen LogP contribution >= 0.6 is 0 Å². The van der Waals surface area contributed by atoms with Gasteiger partial charge < -0.3 is 4.90 Å². The summed E-state index contributed by atoms with van der Waals surface area (Å²) in [6.45, 7) is 10.1. The van der Waals surface area contributed by atoms with E-state index < -0.39 is 0 Å². The maximum absolute atomic E-state index is 12.6. The number of carbonyl (C=O) groups excluding carboxylic acids is 1. The Labute approximate surface area is 165 Å². The third-order valence-electron chi connectivity index (χ3n) is 8.96. The van der Waals surface area contributed by atoms with Gasteiger partial charge in [-0.2, -0.15) is 0 Å². The molecule has 4 rings (SSSR count). The van der Waals surface area contributed by atoms with Crippen LogP contribution in [-0.4, -0.2) is 24.4 Å². The van der Waals surface area contributed by atoms with E-state index in [9.17, 15) is 4.79 Å². The standard InChI is InChI=1S/C25H37NO/c1-6-26(5)24(27)15-19-14-23-22-10-8-18-13-16(2)7-9-20(18)21(22)11-12-25(23,4)17(19)3/h7,9,13,17,19,21-23H,6,8,10-12,14-15H2,1-5H3/t17-,19?,21?,22?,23?,25?/m0/s1. The summed E-state index contributed by atoms with van der Waals surface area (Å²) >= 11 is 0. The van der Waals surface area contributed by atoms with Crippen LogP contribution in [0.1, 0.15) is 75.5 Å². The number of rotatable bonds is 3. The highest BCUT2D eigenvalue weighted by Crippen LogP contribution is 2.64. The topological polar surface area (TPSA) is 20.3 Å². The summed E-state index contributed by atoms with van der Waals surface area (Å²) in [6, 6.07) is 7.17. The Morgan fingerprint density at radius 3 is 2.81 bits per heavy atom. The normalized spacial score (nSPS) is 37.3. The zero-order valence-corrected chi connectivity index (χ0v) is 17.9. The number of hydrogen-bond donors (Lipinski definition) is 0. The van der Waals surface area contributed by atoms with Crippen molar-refractivity contribution in [3.63, 3.8) is 0 Å². The minimum Gasteiger partial charge on any atom is -0.346 e. The lowest BCUT2D eigenvalue weighted by Gasteiger charge is -2.50. The van der Waals surface area contributed by atoms with Gasteiger partial charge in [-0.25, -0.2) is 0 Å². The first kappa shape index (κ1) is 19.0. The Kier molecular flexibility index (Phi) is 4.89. The Hall–Kier alpha value is -1.31. The summed E-state index contributed by atoms with van der Waals surface area (Å²) in [5.41, 5.74) is 5.10. The van der Waals surface area contributed by atoms with E-state index in [-0.39, 0.29) is 0 Å². The number of carbonyl (C=O) groups is 1. The average molecular weight is 368 g/mol. The van der Waals surface area contributed by atoms with Gasteiger partial charge in [0, 0.05) is 20.0 Å². The van der Waals surface area contributed by atoms with E-state index in [4.69, 9.17) is 0 Å². The SMILES string of the molecule is CCN(C)C(=O)CC1CC2C3CCc4cc(C)ccc4C3CCC2(C)[C@H]1C. The minimum absolute atomic E-state index is 0.345. The zero-order valence-electron chi connectivity index (χ0n) is 17.9. The Morgan fingerprint density at radius 1 is 1.30 bits per heavy atom. The maximum atomic E-state index is 12.6. The van der Waals surface area contributed by atoms with Crippen LogP contribution in [0.15, 0.2) is 18.2 Å². The van der Waals surface area contributed by atoms with Crippen LogP contribution in [0.25, 0.3) is 0 Å². The van der Waals surface area contributed by atoms with E-state index in [1.807, 2.05) is 11.9 Å². The lowest BCUT2D eigenvalue weighted by Crippen LogP contribution is -2.42. The van der Waals surface area contributed by atoms with Crippen molar-refractivity contribution in [3.8, 4) is 0 Å². The van der Waals surface area contributed by atoms with Gasteiger partial charge in [0.05, 0.1) is 0 Å². The lowest BCUT2D eigenvalue weighted by atomic mass is 9.54. The molecule has 5 unspecified atom stereocenters. The van der Waals surface area contributed by atoms with E-state index >= 15 is 0 Å². The second-order valence-electron chi connectivity index (χ2n) is 10.1. The second-order valence-corrected chi connectivity index (χ2v) is 10.1. The van der Waals surface area contributed by atoms with Crippen molar-refractivity contribution in [3.05, 3.63) is 34.9 Å². The Balaban J connectivity index is 1.57. The van der Waals surface area contributed by atoms with Gasteiger partial charge in [-0.05, 0) is 92.1 Å². The highest BCUT2D eigenvalue weighted by molar-refractivity contribution is 5.76. The molecule has 2 nitrogen and oxygen atoms in total. The Bertz CT molecular complexity index is 725. The molecule has 0 aromatic heterocycles. The second kappa shape index (κ2) is 6.94. The van der Waals surface area contributed by atoms with Gasteiger partial charge in [-0.15, -0.1) is 0 Å². The molecular formula is C25H37NO. The molecule has 2 saturated carbocycles. The molecule has 0 N–H and O–H groups in total. The number of amides is 1. The molecule has 6 atom stereocenters. The number of hydrogen-bond acceptors (Lipinski definition) is 1. The van der Waals surface area contributed by atoms with Gasteiger partial charge in [0.15, 0.2) is 0 Å². The summed E-state index contributed by atoms with van der Waals surface area (Å²) in [7, 11) is 1.95. The van der Waals surface area contributed by atoms with Crippen LogP contribution in [0, 0.1) is 36.0 Å². The van der Waals surface area contributed by atoms with Crippen LogP contribution in [-0.2, 0) is 11.2 Å². The molecule has 27 heavy (non-hydrogen) atoms. The van der Waals surface area contributed by atoms with Crippen molar-refractivity contribution < 1.29 is 4.79 Å². The van der Waals surface area contributed by atoms with Gasteiger partial charge in [-0.1, -0.05) is 37.6 Å². The Morgan fingerprint density at radius 2 is 2.07 bits per heavy atom. The molecule has 2 fully saturated rings. The minimum atomic E-state index is 0.345. The third kappa shape index (κ3) is 3.04. The number of aryl methyl sites for hydroxylation is 2. The third-order valence-corrected chi connectivity index (χ3v) is 8.96. The molecule has 3 aliphatic carbocycles. The fourth-order valence-corrected chi connectivity index (χ4v) is 6.95. The molecule has 0 heterocycles. The number of fused-ring (bicyclic) bond motifs is 5. The molecule has 3 aliphatic rings. The first-order valence-electron chi connectivity index (χ1n) is 11.2. The molecular weight excluding hydrogens is 330 g/mol. The lowest BCUT2D eigenvalue weighted by molar-refractivity contribution is -0.131. The maximum Gasteiger partial charge on any atom is 0.222 e. The van der Waals surface area contributed by atoms with E-state index in [1.165, 1.54) is 37.7 Å². The summed E-state index contributed by atoms with van der Waals surface area (Å²) in [5.74, 6) is 3.96. The molecule has 1 aromatic carbocycles. The first-order chi connectivity index (χ1) is 12.8. The first-order valence-corrected chi connectivity index (χ1v) is 11.2. The summed E-state index contributed by atoms with van der Waals surface area (Å²) in [6.07, 6.45) is 7.30. The van der Waals surface area contributed by atoms with Gasteiger partial charge >= 0.3 is 0 Å². The zero-order chi connectivity index (χ0) is 19.3. The summed E-state index contributed by atoms with van der Waals surface area (Å²) < 4.78 is 0. The van der Waals surface area contributed by atoms with E-state index in [2.05, 4.69) is 45.9 Å². The van der Waals surface area contributed by atoms with Crippen molar-refractivity contribution >= 4 is 5.91 Å². The predicted octanol–water partition coefficient (Wildman–Crippen LogP) is 5.58. The van der Waals surface area contributed by atoms with Crippen LogP contribution < -0.4 is 0 Å². The molecule has 0 saturated heterocycles. The molecule has 0 bridgehead atoms. The molecule has 1 aromatic rings. The number of benzene rings is 1. The monoisotopic (exact) mass is 367 g/mol. The summed E-state index contributed by atoms with van der Waals surface area (Å²) in [4.78, 5) is 14.5. The highest BCUT2D eigenvalue weighted by Gasteiger charge is 2.56. The molecule has 2 heteroatoms.